The zero-order valence-electron chi connectivity index (χ0n) is 16.5. The summed E-state index contributed by atoms with van der Waals surface area (Å²) >= 11 is 0. The Morgan fingerprint density at radius 3 is 2.44 bits per heavy atom. The van der Waals surface area contributed by atoms with Gasteiger partial charge in [-0.2, -0.15) is 0 Å². The molecule has 4 heteroatoms. The molecule has 1 aromatic rings. The van der Waals surface area contributed by atoms with Gasteiger partial charge >= 0.3 is 0 Å². The minimum atomic E-state index is -0.403. The summed E-state index contributed by atoms with van der Waals surface area (Å²) in [5, 5.41) is 3.22. The predicted molar refractivity (Wildman–Crippen MR) is 106 cm³/mol. The van der Waals surface area contributed by atoms with E-state index in [1.54, 1.807) is 24.3 Å². The third-order valence-electron chi connectivity index (χ3n) is 5.73. The van der Waals surface area contributed by atoms with Gasteiger partial charge in [-0.25, -0.2) is 0 Å². The Labute approximate surface area is 161 Å². The van der Waals surface area contributed by atoms with Gasteiger partial charge in [0.1, 0.15) is 0 Å². The molecule has 0 radical (unpaired) electrons. The Bertz CT molecular complexity index is 785. The summed E-state index contributed by atoms with van der Waals surface area (Å²) in [4.78, 5) is 37.5. The van der Waals surface area contributed by atoms with Gasteiger partial charge in [0, 0.05) is 28.2 Å². The van der Waals surface area contributed by atoms with E-state index in [1.165, 1.54) is 6.08 Å². The quantitative estimate of drug-likeness (QED) is 0.852. The van der Waals surface area contributed by atoms with Crippen molar-refractivity contribution in [1.29, 1.82) is 0 Å². The highest BCUT2D eigenvalue weighted by Gasteiger charge is 2.31. The van der Waals surface area contributed by atoms with E-state index < -0.39 is 5.41 Å². The highest BCUT2D eigenvalue weighted by atomic mass is 16.2. The fourth-order valence-corrected chi connectivity index (χ4v) is 4.03. The molecule has 0 saturated heterocycles. The summed E-state index contributed by atoms with van der Waals surface area (Å²) in [6, 6.07) is 7.18. The molecular weight excluding hydrogens is 338 g/mol. The number of allylic oxidation sites excluding steroid dienone is 2. The first-order valence-electron chi connectivity index (χ1n) is 9.97. The van der Waals surface area contributed by atoms with Crippen molar-refractivity contribution in [2.45, 2.75) is 65.3 Å². The van der Waals surface area contributed by atoms with Gasteiger partial charge in [0.05, 0.1) is 0 Å². The zero-order valence-corrected chi connectivity index (χ0v) is 16.5. The first kappa shape index (κ1) is 19.5. The number of ketones is 2. The number of hydrogen-bond donors (Lipinski definition) is 1. The van der Waals surface area contributed by atoms with E-state index in [-0.39, 0.29) is 23.5 Å². The maximum absolute atomic E-state index is 12.7. The molecule has 2 aliphatic carbocycles. The Morgan fingerprint density at radius 1 is 1.07 bits per heavy atom. The van der Waals surface area contributed by atoms with Crippen LogP contribution in [0.2, 0.25) is 0 Å². The second-order valence-electron chi connectivity index (χ2n) is 8.82. The lowest BCUT2D eigenvalue weighted by molar-refractivity contribution is -0.129. The second kappa shape index (κ2) is 7.79. The Morgan fingerprint density at radius 2 is 1.74 bits per heavy atom. The molecule has 2 atom stereocenters. The Hall–Kier alpha value is -2.23. The van der Waals surface area contributed by atoms with Crippen molar-refractivity contribution in [3.63, 3.8) is 0 Å². The molecule has 0 aromatic heterocycles. The SMILES string of the molecule is CC(C)(C)C(=O)N[C@@H]1CCCC[C@H]1CCC1=CC(=O)c2ccccc2C1=O. The van der Waals surface area contributed by atoms with Crippen molar-refractivity contribution in [2.75, 3.05) is 0 Å². The maximum atomic E-state index is 12.7. The Balaban J connectivity index is 1.67. The molecule has 27 heavy (non-hydrogen) atoms. The molecule has 0 unspecified atom stereocenters. The molecular formula is C23H29NO3. The van der Waals surface area contributed by atoms with E-state index in [4.69, 9.17) is 0 Å². The average Bonchev–Trinajstić information content (AvgIpc) is 2.64. The molecule has 0 aliphatic heterocycles. The zero-order chi connectivity index (χ0) is 19.6. The molecule has 1 amide bonds. The molecule has 2 aliphatic rings. The number of carbonyl (C=O) groups excluding carboxylic acids is 3. The van der Waals surface area contributed by atoms with Gasteiger partial charge in [0.25, 0.3) is 0 Å². The number of rotatable bonds is 4. The van der Waals surface area contributed by atoms with E-state index in [0.29, 0.717) is 29.0 Å². The van der Waals surface area contributed by atoms with Crippen LogP contribution in [0.4, 0.5) is 0 Å². The predicted octanol–water partition coefficient (Wildman–Crippen LogP) is 4.49. The topological polar surface area (TPSA) is 63.2 Å². The summed E-state index contributed by atoms with van der Waals surface area (Å²) in [6.07, 6.45) is 7.24. The highest BCUT2D eigenvalue weighted by molar-refractivity contribution is 6.24. The van der Waals surface area contributed by atoms with E-state index in [0.717, 1.165) is 32.1 Å². The van der Waals surface area contributed by atoms with Gasteiger partial charge in [-0.1, -0.05) is 57.9 Å². The average molecular weight is 367 g/mol. The van der Waals surface area contributed by atoms with E-state index >= 15 is 0 Å². The molecule has 1 N–H and O–H groups in total. The second-order valence-corrected chi connectivity index (χ2v) is 8.82. The van der Waals surface area contributed by atoms with Crippen LogP contribution in [-0.2, 0) is 4.79 Å². The van der Waals surface area contributed by atoms with Crippen molar-refractivity contribution in [1.82, 2.24) is 5.32 Å². The molecule has 0 heterocycles. The van der Waals surface area contributed by atoms with Crippen LogP contribution in [0.1, 0.15) is 80.0 Å². The van der Waals surface area contributed by atoms with Crippen molar-refractivity contribution >= 4 is 17.5 Å². The van der Waals surface area contributed by atoms with Crippen LogP contribution in [0.5, 0.6) is 0 Å². The van der Waals surface area contributed by atoms with Gasteiger partial charge in [-0.3, -0.25) is 14.4 Å². The van der Waals surface area contributed by atoms with Crippen LogP contribution < -0.4 is 5.32 Å². The molecule has 4 nitrogen and oxygen atoms in total. The molecule has 1 fully saturated rings. The summed E-state index contributed by atoms with van der Waals surface area (Å²) in [7, 11) is 0. The Kier molecular flexibility index (Phi) is 5.64. The first-order valence-corrected chi connectivity index (χ1v) is 9.97. The van der Waals surface area contributed by atoms with Crippen LogP contribution in [0.25, 0.3) is 0 Å². The summed E-state index contributed by atoms with van der Waals surface area (Å²) < 4.78 is 0. The smallest absolute Gasteiger partial charge is 0.225 e. The van der Waals surface area contributed by atoms with Crippen LogP contribution >= 0.6 is 0 Å². The molecule has 144 valence electrons. The normalized spacial score (nSPS) is 22.9. The molecule has 3 rings (SSSR count). The standard InChI is InChI=1S/C23H29NO3/c1-23(2,3)22(27)24-19-11-7-4-8-15(19)12-13-16-14-20(25)17-9-5-6-10-18(17)21(16)26/h5-6,9-10,14-15,19H,4,7-8,11-13H2,1-3H3,(H,24,27)/t15-,19+/m0/s1. The lowest BCUT2D eigenvalue weighted by Gasteiger charge is -2.34. The third kappa shape index (κ3) is 4.37. The lowest BCUT2D eigenvalue weighted by Crippen LogP contribution is -2.46. The molecule has 0 bridgehead atoms. The fraction of sp³-hybridized carbons (Fsp3) is 0.522. The minimum absolute atomic E-state index is 0.0312. The first-order chi connectivity index (χ1) is 12.8. The third-order valence-corrected chi connectivity index (χ3v) is 5.73. The molecule has 1 aromatic carbocycles. The van der Waals surface area contributed by atoms with Crippen molar-refractivity contribution < 1.29 is 14.4 Å². The summed E-state index contributed by atoms with van der Waals surface area (Å²) in [5.74, 6) is 0.320. The number of amides is 1. The molecule has 1 saturated carbocycles. The number of nitrogens with one attached hydrogen (secondary N) is 1. The lowest BCUT2D eigenvalue weighted by atomic mass is 9.79. The highest BCUT2D eigenvalue weighted by Crippen LogP contribution is 2.32. The van der Waals surface area contributed by atoms with E-state index in [9.17, 15) is 14.4 Å². The van der Waals surface area contributed by atoms with Gasteiger partial charge in [-0.05, 0) is 37.7 Å². The largest absolute Gasteiger partial charge is 0.353 e. The van der Waals surface area contributed by atoms with Crippen molar-refractivity contribution in [2.24, 2.45) is 11.3 Å². The van der Waals surface area contributed by atoms with Crippen molar-refractivity contribution in [3.8, 4) is 0 Å². The van der Waals surface area contributed by atoms with Crippen LogP contribution in [0.15, 0.2) is 35.9 Å². The summed E-state index contributed by atoms with van der Waals surface area (Å²) in [6.45, 7) is 5.78. The van der Waals surface area contributed by atoms with Gasteiger partial charge in [0.15, 0.2) is 11.6 Å². The minimum Gasteiger partial charge on any atom is -0.353 e. The van der Waals surface area contributed by atoms with Gasteiger partial charge in [-0.15, -0.1) is 0 Å². The number of Topliss-reactive ketones (excluding diaryl/α,β-unsaturated/α-hetero) is 1. The maximum Gasteiger partial charge on any atom is 0.225 e. The van der Waals surface area contributed by atoms with Crippen LogP contribution in [0.3, 0.4) is 0 Å². The molecule has 0 spiro atoms. The number of carbonyl (C=O) groups is 3. The number of benzene rings is 1. The monoisotopic (exact) mass is 367 g/mol. The fourth-order valence-electron chi connectivity index (χ4n) is 4.03. The van der Waals surface area contributed by atoms with E-state index in [2.05, 4.69) is 5.32 Å². The van der Waals surface area contributed by atoms with Gasteiger partial charge in [0.2, 0.25) is 5.91 Å². The van der Waals surface area contributed by atoms with Gasteiger partial charge < -0.3 is 5.32 Å². The number of fused-ring (bicyclic) bond motifs is 1. The van der Waals surface area contributed by atoms with Crippen molar-refractivity contribution in [3.05, 3.63) is 47.0 Å². The van der Waals surface area contributed by atoms with Crippen LogP contribution in [-0.4, -0.2) is 23.5 Å². The summed E-state index contributed by atoms with van der Waals surface area (Å²) in [5.41, 5.74) is 1.21. The van der Waals surface area contributed by atoms with E-state index in [1.807, 2.05) is 20.8 Å². The van der Waals surface area contributed by atoms with Crippen LogP contribution in [0, 0.1) is 11.3 Å². The number of hydrogen-bond acceptors (Lipinski definition) is 3.